The van der Waals surface area contributed by atoms with Gasteiger partial charge in [-0.25, -0.2) is 0 Å². The van der Waals surface area contributed by atoms with E-state index >= 15 is 0 Å². The largest absolute Gasteiger partial charge is 0.493 e. The van der Waals surface area contributed by atoms with Crippen molar-refractivity contribution in [1.82, 2.24) is 5.32 Å². The number of para-hydroxylation sites is 1. The molecule has 0 radical (unpaired) electrons. The summed E-state index contributed by atoms with van der Waals surface area (Å²) in [5.74, 6) is 4.70. The minimum atomic E-state index is -0.356. The molecule has 1 heterocycles. The number of carbonyl (C=O) groups excluding carboxylic acids is 1. The van der Waals surface area contributed by atoms with E-state index < -0.39 is 0 Å². The average molecular weight is 727 g/mol. The number of carbonyl (C=O) groups is 1. The minimum Gasteiger partial charge on any atom is -0.493 e. The van der Waals surface area contributed by atoms with Crippen molar-refractivity contribution in [3.8, 4) is 46.0 Å². The fourth-order valence-electron chi connectivity index (χ4n) is 6.15. The number of rotatable bonds is 20. The summed E-state index contributed by atoms with van der Waals surface area (Å²) in [4.78, 5) is 12.6. The summed E-state index contributed by atoms with van der Waals surface area (Å²) in [6.45, 7) is 1.15. The summed E-state index contributed by atoms with van der Waals surface area (Å²) in [7, 11) is 9.64. The molecule has 11 nitrogen and oxygen atoms in total. The van der Waals surface area contributed by atoms with Crippen molar-refractivity contribution in [3.63, 3.8) is 0 Å². The monoisotopic (exact) mass is 726 g/mol. The highest BCUT2D eigenvalue weighted by Gasteiger charge is 2.25. The molecule has 1 amide bonds. The van der Waals surface area contributed by atoms with Crippen LogP contribution in [0.1, 0.15) is 71.7 Å². The third-order valence-corrected chi connectivity index (χ3v) is 8.95. The smallest absolute Gasteiger partial charge is 0.255 e. The van der Waals surface area contributed by atoms with Crippen LogP contribution in [-0.4, -0.2) is 61.8 Å². The van der Waals surface area contributed by atoms with Crippen molar-refractivity contribution in [1.29, 1.82) is 0 Å². The van der Waals surface area contributed by atoms with Gasteiger partial charge in [0.25, 0.3) is 5.91 Å². The molecule has 1 aliphatic heterocycles. The molecule has 4 aromatic carbocycles. The summed E-state index contributed by atoms with van der Waals surface area (Å²) in [6, 6.07) is 20.8. The molecule has 5 rings (SSSR count). The molecule has 11 heteroatoms. The summed E-state index contributed by atoms with van der Waals surface area (Å²) < 4.78 is 45.6. The van der Waals surface area contributed by atoms with Crippen LogP contribution in [0.2, 0.25) is 0 Å². The van der Waals surface area contributed by atoms with Gasteiger partial charge in [0.05, 0.1) is 61.4 Å². The second-order valence-electron chi connectivity index (χ2n) is 12.4. The zero-order valence-electron chi connectivity index (χ0n) is 31.4. The zero-order valence-corrected chi connectivity index (χ0v) is 31.4. The van der Waals surface area contributed by atoms with Crippen molar-refractivity contribution < 1.29 is 42.7 Å². The number of hydrogen-bond acceptors (Lipinski definition) is 10. The van der Waals surface area contributed by atoms with Gasteiger partial charge in [0.15, 0.2) is 34.5 Å². The van der Waals surface area contributed by atoms with E-state index in [2.05, 4.69) is 10.6 Å². The number of amides is 1. The maximum atomic E-state index is 12.6. The van der Waals surface area contributed by atoms with Crippen LogP contribution < -0.4 is 48.5 Å². The first-order chi connectivity index (χ1) is 25.9. The molecule has 1 aliphatic rings. The summed E-state index contributed by atoms with van der Waals surface area (Å²) in [5.41, 5.74) is 4.09. The molecule has 0 bridgehead atoms. The molecule has 0 fully saturated rings. The van der Waals surface area contributed by atoms with E-state index in [1.54, 1.807) is 48.7 Å². The molecule has 0 saturated carbocycles. The van der Waals surface area contributed by atoms with Crippen molar-refractivity contribution in [3.05, 3.63) is 89.0 Å². The molecule has 0 spiro atoms. The number of anilines is 1. The Hall–Kier alpha value is -5.71. The van der Waals surface area contributed by atoms with Crippen LogP contribution >= 0.6 is 0 Å². The van der Waals surface area contributed by atoms with Crippen molar-refractivity contribution >= 4 is 23.7 Å². The second kappa shape index (κ2) is 19.2. The first kappa shape index (κ1) is 38.5. The summed E-state index contributed by atoms with van der Waals surface area (Å²) in [5, 5.41) is 6.38. The van der Waals surface area contributed by atoms with Gasteiger partial charge in [0.2, 0.25) is 11.5 Å². The molecule has 1 unspecified atom stereocenters. The lowest BCUT2D eigenvalue weighted by atomic mass is 10.1. The molecule has 0 aromatic heterocycles. The number of methoxy groups -OCH3 is 6. The third-order valence-electron chi connectivity index (χ3n) is 8.95. The topological polar surface area (TPSA) is 115 Å². The zero-order chi connectivity index (χ0) is 37.6. The van der Waals surface area contributed by atoms with Crippen molar-refractivity contribution in [2.75, 3.05) is 61.2 Å². The Morgan fingerprint density at radius 2 is 1.06 bits per heavy atom. The van der Waals surface area contributed by atoms with Gasteiger partial charge in [-0.2, -0.15) is 0 Å². The Kier molecular flexibility index (Phi) is 14.0. The average Bonchev–Trinajstić information content (AvgIpc) is 3.20. The molecule has 0 saturated heterocycles. The Labute approximate surface area is 312 Å². The number of fused-ring (bicyclic) bond motifs is 1. The number of nitrogens with one attached hydrogen (secondary N) is 2. The fraction of sp³-hybridized carbons (Fsp3) is 0.357. The van der Waals surface area contributed by atoms with Crippen LogP contribution in [-0.2, 0) is 0 Å². The van der Waals surface area contributed by atoms with Gasteiger partial charge in [-0.15, -0.1) is 0 Å². The van der Waals surface area contributed by atoms with E-state index in [9.17, 15) is 4.79 Å². The molecule has 2 N–H and O–H groups in total. The standard InChI is InChI=1S/C42H50N2O9/c1-46-34-27-30(41-43-32-16-12-11-15-31(32)42(45)44-41)19-20-33(34)52-21-13-9-7-8-10-14-22-53-40-37(49-4)25-29(26-38(40)50-5)18-17-28-23-35(47-2)39(51-6)36(24-28)48-3/h11-12,15-20,23-27,41,43H,7-10,13-14,21-22H2,1-6H3,(H,44,45)/b18-17-. The maximum absolute atomic E-state index is 12.6. The van der Waals surface area contributed by atoms with Gasteiger partial charge in [0, 0.05) is 5.69 Å². The number of ether oxygens (including phenoxy) is 8. The van der Waals surface area contributed by atoms with Gasteiger partial charge in [-0.05, 0) is 78.1 Å². The molecule has 282 valence electrons. The SMILES string of the molecule is COc1cc(C2NC(=O)c3ccccc3N2)ccc1OCCCCCCCCOc1c(OC)cc(/C=C\c2cc(OC)c(OC)c(OC)c2)cc1OC. The van der Waals surface area contributed by atoms with Crippen LogP contribution in [0, 0.1) is 0 Å². The molecule has 1 atom stereocenters. The predicted octanol–water partition coefficient (Wildman–Crippen LogP) is 8.56. The molecular weight excluding hydrogens is 676 g/mol. The van der Waals surface area contributed by atoms with Gasteiger partial charge in [-0.1, -0.05) is 56.0 Å². The first-order valence-electron chi connectivity index (χ1n) is 17.8. The van der Waals surface area contributed by atoms with Gasteiger partial charge >= 0.3 is 0 Å². The number of unbranched alkanes of at least 4 members (excludes halogenated alkanes) is 5. The molecule has 53 heavy (non-hydrogen) atoms. The fourth-order valence-corrected chi connectivity index (χ4v) is 6.15. The maximum Gasteiger partial charge on any atom is 0.255 e. The highest BCUT2D eigenvalue weighted by atomic mass is 16.5. The Morgan fingerprint density at radius 3 is 1.62 bits per heavy atom. The lowest BCUT2D eigenvalue weighted by Gasteiger charge is -2.28. The van der Waals surface area contributed by atoms with E-state index in [4.69, 9.17) is 37.9 Å². The Bertz CT molecular complexity index is 1810. The van der Waals surface area contributed by atoms with Crippen LogP contribution in [0.4, 0.5) is 5.69 Å². The van der Waals surface area contributed by atoms with Crippen LogP contribution in [0.5, 0.6) is 46.0 Å². The predicted molar refractivity (Wildman–Crippen MR) is 207 cm³/mol. The van der Waals surface area contributed by atoms with E-state index in [0.717, 1.165) is 60.9 Å². The van der Waals surface area contributed by atoms with Crippen LogP contribution in [0.15, 0.2) is 66.7 Å². The first-order valence-corrected chi connectivity index (χ1v) is 17.8. The Balaban J connectivity index is 1.03. The lowest BCUT2D eigenvalue weighted by Crippen LogP contribution is -2.38. The minimum absolute atomic E-state index is 0.109. The Morgan fingerprint density at radius 1 is 0.528 bits per heavy atom. The molecule has 4 aromatic rings. The summed E-state index contributed by atoms with van der Waals surface area (Å²) >= 11 is 0. The number of hydrogen-bond donors (Lipinski definition) is 2. The van der Waals surface area contributed by atoms with E-state index in [-0.39, 0.29) is 12.1 Å². The molecular formula is C42H50N2O9. The van der Waals surface area contributed by atoms with Gasteiger partial charge < -0.3 is 48.5 Å². The van der Waals surface area contributed by atoms with Gasteiger partial charge in [0.1, 0.15) is 6.17 Å². The lowest BCUT2D eigenvalue weighted by molar-refractivity contribution is 0.0935. The quantitative estimate of drug-likeness (QED) is 0.0678. The van der Waals surface area contributed by atoms with E-state index in [0.29, 0.717) is 64.8 Å². The highest BCUT2D eigenvalue weighted by molar-refractivity contribution is 6.01. The van der Waals surface area contributed by atoms with E-state index in [1.165, 1.54) is 0 Å². The summed E-state index contributed by atoms with van der Waals surface area (Å²) in [6.07, 6.45) is 9.73. The van der Waals surface area contributed by atoms with E-state index in [1.807, 2.05) is 72.8 Å². The van der Waals surface area contributed by atoms with Crippen molar-refractivity contribution in [2.24, 2.45) is 0 Å². The number of benzene rings is 4. The van der Waals surface area contributed by atoms with Crippen LogP contribution in [0.25, 0.3) is 12.2 Å². The van der Waals surface area contributed by atoms with Gasteiger partial charge in [-0.3, -0.25) is 4.79 Å². The molecule has 0 aliphatic carbocycles. The highest BCUT2D eigenvalue weighted by Crippen LogP contribution is 2.41. The normalized spacial score (nSPS) is 13.4. The van der Waals surface area contributed by atoms with Crippen molar-refractivity contribution in [2.45, 2.75) is 44.7 Å². The third kappa shape index (κ3) is 9.79. The second-order valence-corrected chi connectivity index (χ2v) is 12.4. The van der Waals surface area contributed by atoms with Crippen LogP contribution in [0.3, 0.4) is 0 Å².